The van der Waals surface area contributed by atoms with Crippen molar-refractivity contribution in [3.05, 3.63) is 23.8 Å². The van der Waals surface area contributed by atoms with E-state index in [-0.39, 0.29) is 5.91 Å². The van der Waals surface area contributed by atoms with Crippen molar-refractivity contribution >= 4 is 11.6 Å². The number of benzene rings is 1. The fourth-order valence-electron chi connectivity index (χ4n) is 2.59. The molecule has 21 heavy (non-hydrogen) atoms. The van der Waals surface area contributed by atoms with Crippen LogP contribution < -0.4 is 15.8 Å². The van der Waals surface area contributed by atoms with Crippen LogP contribution in [0.1, 0.15) is 30.1 Å². The fraction of sp³-hybridized carbons (Fsp3) is 0.562. The van der Waals surface area contributed by atoms with Crippen LogP contribution in [0.3, 0.4) is 0 Å². The molecular formula is C16H25N3O2. The highest BCUT2D eigenvalue weighted by Crippen LogP contribution is 2.18. The van der Waals surface area contributed by atoms with Gasteiger partial charge in [0.2, 0.25) is 0 Å². The first-order valence-corrected chi connectivity index (χ1v) is 7.53. The Morgan fingerprint density at radius 3 is 2.76 bits per heavy atom. The van der Waals surface area contributed by atoms with E-state index in [1.165, 1.54) is 12.8 Å². The first-order chi connectivity index (χ1) is 10.1. The number of nitrogens with zero attached hydrogens (tertiary/aromatic N) is 1. The second-order valence-corrected chi connectivity index (χ2v) is 5.77. The van der Waals surface area contributed by atoms with Crippen molar-refractivity contribution in [1.29, 1.82) is 0 Å². The molecule has 0 unspecified atom stereocenters. The molecule has 0 bridgehead atoms. The number of methoxy groups -OCH3 is 1. The number of piperidine rings is 1. The summed E-state index contributed by atoms with van der Waals surface area (Å²) in [6.45, 7) is 6.11. The van der Waals surface area contributed by atoms with E-state index in [1.807, 2.05) is 0 Å². The van der Waals surface area contributed by atoms with Gasteiger partial charge in [0.25, 0.3) is 5.91 Å². The zero-order chi connectivity index (χ0) is 15.2. The van der Waals surface area contributed by atoms with Crippen LogP contribution in [0, 0.1) is 5.92 Å². The fourth-order valence-corrected chi connectivity index (χ4v) is 2.59. The Bertz CT molecular complexity index is 482. The molecule has 3 N–H and O–H groups in total. The Hall–Kier alpha value is -1.75. The molecule has 1 aliphatic rings. The lowest BCUT2D eigenvalue weighted by atomic mass is 9.99. The summed E-state index contributed by atoms with van der Waals surface area (Å²) in [4.78, 5) is 14.5. The van der Waals surface area contributed by atoms with Crippen LogP contribution in [0.4, 0.5) is 5.69 Å². The third-order valence-electron chi connectivity index (χ3n) is 4.02. The number of hydrogen-bond acceptors (Lipinski definition) is 4. The number of anilines is 1. The minimum Gasteiger partial charge on any atom is -0.497 e. The maximum atomic E-state index is 12.1. The summed E-state index contributed by atoms with van der Waals surface area (Å²) in [6, 6.07) is 5.07. The smallest absolute Gasteiger partial charge is 0.251 e. The molecule has 0 radical (unpaired) electrons. The first-order valence-electron chi connectivity index (χ1n) is 7.53. The molecule has 5 heteroatoms. The third kappa shape index (κ3) is 4.63. The van der Waals surface area contributed by atoms with Crippen LogP contribution in [0.2, 0.25) is 0 Å². The van der Waals surface area contributed by atoms with E-state index in [0.717, 1.165) is 25.6 Å². The van der Waals surface area contributed by atoms with Gasteiger partial charge in [-0.2, -0.15) is 0 Å². The summed E-state index contributed by atoms with van der Waals surface area (Å²) in [7, 11) is 1.56. The predicted octanol–water partition coefficient (Wildman–Crippen LogP) is 1.74. The Labute approximate surface area is 126 Å². The van der Waals surface area contributed by atoms with Gasteiger partial charge in [-0.15, -0.1) is 0 Å². The van der Waals surface area contributed by atoms with Gasteiger partial charge in [-0.25, -0.2) is 0 Å². The van der Waals surface area contributed by atoms with E-state index in [4.69, 9.17) is 10.5 Å². The third-order valence-corrected chi connectivity index (χ3v) is 4.02. The van der Waals surface area contributed by atoms with Crippen molar-refractivity contribution in [3.63, 3.8) is 0 Å². The normalized spacial score (nSPS) is 16.7. The maximum Gasteiger partial charge on any atom is 0.251 e. The zero-order valence-electron chi connectivity index (χ0n) is 12.9. The lowest BCUT2D eigenvalue weighted by molar-refractivity contribution is 0.0944. The van der Waals surface area contributed by atoms with E-state index in [9.17, 15) is 4.79 Å². The minimum atomic E-state index is -0.106. The van der Waals surface area contributed by atoms with E-state index in [0.29, 0.717) is 23.5 Å². The molecule has 0 aromatic heterocycles. The molecule has 1 fully saturated rings. The number of amides is 1. The van der Waals surface area contributed by atoms with Gasteiger partial charge in [-0.1, -0.05) is 6.92 Å². The highest BCUT2D eigenvalue weighted by atomic mass is 16.5. The van der Waals surface area contributed by atoms with Crippen LogP contribution in [0.15, 0.2) is 18.2 Å². The standard InChI is InChI=1S/C16H25N3O2/c1-12-3-6-19(7-4-12)8-5-18-16(20)13-9-14(17)11-15(10-13)21-2/h9-12H,3-8,17H2,1-2H3,(H,18,20). The van der Waals surface area contributed by atoms with Crippen LogP contribution >= 0.6 is 0 Å². The molecule has 1 aromatic rings. The number of nitrogens with one attached hydrogen (secondary N) is 1. The van der Waals surface area contributed by atoms with Crippen LogP contribution in [0.25, 0.3) is 0 Å². The summed E-state index contributed by atoms with van der Waals surface area (Å²) >= 11 is 0. The highest BCUT2D eigenvalue weighted by molar-refractivity contribution is 5.95. The largest absolute Gasteiger partial charge is 0.497 e. The van der Waals surface area contributed by atoms with Crippen molar-refractivity contribution in [3.8, 4) is 5.75 Å². The molecule has 1 amide bonds. The number of nitrogens with two attached hydrogens (primary N) is 1. The van der Waals surface area contributed by atoms with E-state index in [2.05, 4.69) is 17.1 Å². The Balaban J connectivity index is 1.80. The lowest BCUT2D eigenvalue weighted by Gasteiger charge is -2.30. The van der Waals surface area contributed by atoms with Gasteiger partial charge >= 0.3 is 0 Å². The van der Waals surface area contributed by atoms with E-state index < -0.39 is 0 Å². The van der Waals surface area contributed by atoms with E-state index >= 15 is 0 Å². The number of nitrogen functional groups attached to an aromatic ring is 1. The highest BCUT2D eigenvalue weighted by Gasteiger charge is 2.15. The average molecular weight is 291 g/mol. The summed E-state index contributed by atoms with van der Waals surface area (Å²) in [5.74, 6) is 1.33. The lowest BCUT2D eigenvalue weighted by Crippen LogP contribution is -2.39. The molecule has 1 aromatic carbocycles. The van der Waals surface area contributed by atoms with Crippen molar-refractivity contribution in [1.82, 2.24) is 10.2 Å². The number of hydrogen-bond donors (Lipinski definition) is 2. The number of carbonyl (C=O) groups is 1. The van der Waals surface area contributed by atoms with Gasteiger partial charge in [-0.05, 0) is 44.0 Å². The molecule has 116 valence electrons. The molecular weight excluding hydrogens is 266 g/mol. The van der Waals surface area contributed by atoms with Crippen molar-refractivity contribution in [2.24, 2.45) is 5.92 Å². The van der Waals surface area contributed by atoms with Gasteiger partial charge in [0.05, 0.1) is 7.11 Å². The molecule has 0 spiro atoms. The average Bonchev–Trinajstić information content (AvgIpc) is 2.48. The zero-order valence-corrected chi connectivity index (χ0v) is 12.9. The van der Waals surface area contributed by atoms with Gasteiger partial charge < -0.3 is 20.7 Å². The topological polar surface area (TPSA) is 67.6 Å². The van der Waals surface area contributed by atoms with Crippen molar-refractivity contribution in [2.75, 3.05) is 39.0 Å². The second-order valence-electron chi connectivity index (χ2n) is 5.77. The summed E-state index contributed by atoms with van der Waals surface area (Å²) < 4.78 is 5.13. The van der Waals surface area contributed by atoms with Crippen LogP contribution in [-0.4, -0.2) is 44.1 Å². The summed E-state index contributed by atoms with van der Waals surface area (Å²) in [5, 5.41) is 2.94. The minimum absolute atomic E-state index is 0.106. The Morgan fingerprint density at radius 1 is 1.38 bits per heavy atom. The monoisotopic (exact) mass is 291 g/mol. The van der Waals surface area contributed by atoms with Crippen molar-refractivity contribution < 1.29 is 9.53 Å². The molecule has 2 rings (SSSR count). The van der Waals surface area contributed by atoms with Crippen molar-refractivity contribution in [2.45, 2.75) is 19.8 Å². The van der Waals surface area contributed by atoms with Gasteiger partial charge in [0, 0.05) is 30.4 Å². The Kier molecular flexibility index (Phi) is 5.44. The molecule has 0 atom stereocenters. The SMILES string of the molecule is COc1cc(N)cc(C(=O)NCCN2CCC(C)CC2)c1. The molecule has 1 aliphatic heterocycles. The van der Waals surface area contributed by atoms with Crippen LogP contribution in [-0.2, 0) is 0 Å². The predicted molar refractivity (Wildman–Crippen MR) is 84.6 cm³/mol. The molecule has 5 nitrogen and oxygen atoms in total. The number of likely N-dealkylation sites (tertiary alicyclic amines) is 1. The number of rotatable bonds is 5. The quantitative estimate of drug-likeness (QED) is 0.811. The second kappa shape index (κ2) is 7.31. The van der Waals surface area contributed by atoms with Gasteiger partial charge in [-0.3, -0.25) is 4.79 Å². The van der Waals surface area contributed by atoms with Crippen LogP contribution in [0.5, 0.6) is 5.75 Å². The molecule has 1 heterocycles. The molecule has 0 saturated carbocycles. The summed E-state index contributed by atoms with van der Waals surface area (Å²) in [5.41, 5.74) is 6.84. The number of carbonyl (C=O) groups excluding carboxylic acids is 1. The molecule has 1 saturated heterocycles. The Morgan fingerprint density at radius 2 is 2.10 bits per heavy atom. The number of ether oxygens (including phenoxy) is 1. The maximum absolute atomic E-state index is 12.1. The summed E-state index contributed by atoms with van der Waals surface area (Å²) in [6.07, 6.45) is 2.50. The van der Waals surface area contributed by atoms with Gasteiger partial charge in [0.15, 0.2) is 0 Å². The van der Waals surface area contributed by atoms with E-state index in [1.54, 1.807) is 25.3 Å². The first kappa shape index (κ1) is 15.6. The molecule has 0 aliphatic carbocycles. The van der Waals surface area contributed by atoms with Gasteiger partial charge in [0.1, 0.15) is 5.75 Å².